The van der Waals surface area contributed by atoms with E-state index in [1.807, 2.05) is 38.1 Å². The fourth-order valence-electron chi connectivity index (χ4n) is 5.09. The predicted octanol–water partition coefficient (Wildman–Crippen LogP) is 3.80. The van der Waals surface area contributed by atoms with E-state index in [2.05, 4.69) is 10.3 Å². The van der Waals surface area contributed by atoms with Gasteiger partial charge in [0.15, 0.2) is 0 Å². The van der Waals surface area contributed by atoms with Crippen LogP contribution < -0.4 is 5.32 Å². The molecule has 0 radical (unpaired) electrons. The Hall–Kier alpha value is -3.03. The lowest BCUT2D eigenvalue weighted by Crippen LogP contribution is -2.53. The number of benzene rings is 2. The molecule has 2 aromatic carbocycles. The zero-order chi connectivity index (χ0) is 22.6. The number of rotatable bonds is 5. The number of urea groups is 1. The summed E-state index contributed by atoms with van der Waals surface area (Å²) in [4.78, 5) is 33.7. The summed E-state index contributed by atoms with van der Waals surface area (Å²) in [7, 11) is 0. The molecule has 5 rings (SSSR count). The fourth-order valence-corrected chi connectivity index (χ4v) is 5.26. The van der Waals surface area contributed by atoms with Crippen LogP contribution in [0.1, 0.15) is 36.7 Å². The number of nitrogens with zero attached hydrogens (tertiary/aromatic N) is 2. The van der Waals surface area contributed by atoms with Crippen LogP contribution in [0.5, 0.6) is 5.75 Å². The van der Waals surface area contributed by atoms with Crippen LogP contribution in [0.25, 0.3) is 10.9 Å². The maximum absolute atomic E-state index is 13.6. The van der Waals surface area contributed by atoms with Gasteiger partial charge in [0.1, 0.15) is 17.3 Å². The van der Waals surface area contributed by atoms with Crippen molar-refractivity contribution < 1.29 is 14.7 Å². The quantitative estimate of drug-likeness (QED) is 0.405. The molecule has 0 spiro atoms. The second-order valence-corrected chi connectivity index (χ2v) is 9.05. The highest BCUT2D eigenvalue weighted by atomic mass is 35.5. The zero-order valence-electron chi connectivity index (χ0n) is 18.0. The summed E-state index contributed by atoms with van der Waals surface area (Å²) in [6.45, 7) is 5.44. The van der Waals surface area contributed by atoms with Crippen molar-refractivity contribution in [3.8, 4) is 5.75 Å². The van der Waals surface area contributed by atoms with Crippen LogP contribution in [0.2, 0.25) is 5.02 Å². The first kappa shape index (κ1) is 20.8. The number of phenols is 1. The molecular formula is C24H25ClN4O3. The highest BCUT2D eigenvalue weighted by Crippen LogP contribution is 2.49. The van der Waals surface area contributed by atoms with Crippen LogP contribution >= 0.6 is 11.6 Å². The molecule has 8 heteroatoms. The van der Waals surface area contributed by atoms with Gasteiger partial charge < -0.3 is 15.4 Å². The minimum absolute atomic E-state index is 0.109. The summed E-state index contributed by atoms with van der Waals surface area (Å²) in [5, 5.41) is 14.9. The number of imide groups is 1. The zero-order valence-corrected chi connectivity index (χ0v) is 18.7. The Morgan fingerprint density at radius 2 is 2.06 bits per heavy atom. The Bertz CT molecular complexity index is 1240. The Morgan fingerprint density at radius 1 is 1.25 bits per heavy atom. The van der Waals surface area contributed by atoms with E-state index in [9.17, 15) is 14.7 Å². The number of H-pyrrole nitrogens is 1. The van der Waals surface area contributed by atoms with Crippen molar-refractivity contribution in [1.29, 1.82) is 0 Å². The Balaban J connectivity index is 1.70. The van der Waals surface area contributed by atoms with Gasteiger partial charge in [-0.05, 0) is 54.9 Å². The number of hydrogen-bond acceptors (Lipinski definition) is 4. The SMILES string of the molecule is CCNCCN1C(=O)N2[C@H](c3cccc(O)c3)c3[nH]c4ccc(Cl)cc4c3C[C@@]2(C)C1=O. The van der Waals surface area contributed by atoms with Crippen LogP contribution in [-0.2, 0) is 11.2 Å². The first-order chi connectivity index (χ1) is 15.3. The molecule has 0 unspecified atom stereocenters. The molecule has 3 N–H and O–H groups in total. The summed E-state index contributed by atoms with van der Waals surface area (Å²) < 4.78 is 0. The molecule has 2 atom stereocenters. The van der Waals surface area contributed by atoms with Crippen molar-refractivity contribution in [2.45, 2.75) is 31.8 Å². The van der Waals surface area contributed by atoms with Gasteiger partial charge in [-0.3, -0.25) is 14.6 Å². The number of carbonyl (C=O) groups excluding carboxylic acids is 2. The molecule has 1 saturated heterocycles. The molecule has 0 aliphatic carbocycles. The summed E-state index contributed by atoms with van der Waals surface area (Å²) in [5.41, 5.74) is 2.43. The van der Waals surface area contributed by atoms with E-state index in [0.717, 1.165) is 34.3 Å². The van der Waals surface area contributed by atoms with Gasteiger partial charge in [-0.25, -0.2) is 4.79 Å². The highest BCUT2D eigenvalue weighted by molar-refractivity contribution is 6.31. The lowest BCUT2D eigenvalue weighted by atomic mass is 9.81. The van der Waals surface area contributed by atoms with E-state index in [1.54, 1.807) is 23.1 Å². The smallest absolute Gasteiger partial charge is 0.328 e. The van der Waals surface area contributed by atoms with Gasteiger partial charge in [0.2, 0.25) is 0 Å². The third kappa shape index (κ3) is 2.99. The number of aromatic nitrogens is 1. The second kappa shape index (κ2) is 7.53. The van der Waals surface area contributed by atoms with Crippen molar-refractivity contribution >= 4 is 34.4 Å². The van der Waals surface area contributed by atoms with Crippen LogP contribution in [0.4, 0.5) is 4.79 Å². The van der Waals surface area contributed by atoms with Crippen LogP contribution in [0, 0.1) is 0 Å². The minimum atomic E-state index is -1.04. The first-order valence-corrected chi connectivity index (χ1v) is 11.2. The van der Waals surface area contributed by atoms with E-state index in [1.165, 1.54) is 4.90 Å². The van der Waals surface area contributed by atoms with Crippen LogP contribution in [0.15, 0.2) is 42.5 Å². The van der Waals surface area contributed by atoms with Gasteiger partial charge in [0.05, 0.1) is 0 Å². The van der Waals surface area contributed by atoms with Gasteiger partial charge >= 0.3 is 6.03 Å². The first-order valence-electron chi connectivity index (χ1n) is 10.8. The number of amides is 3. The molecule has 0 saturated carbocycles. The molecule has 3 heterocycles. The van der Waals surface area contributed by atoms with Gasteiger partial charge in [-0.1, -0.05) is 30.7 Å². The Labute approximate surface area is 191 Å². The van der Waals surface area contributed by atoms with Crippen molar-refractivity contribution in [2.75, 3.05) is 19.6 Å². The number of halogens is 1. The normalized spacial score (nSPS) is 22.5. The summed E-state index contributed by atoms with van der Waals surface area (Å²) in [5.74, 6) is -0.0926. The lowest BCUT2D eigenvalue weighted by Gasteiger charge is -2.42. The van der Waals surface area contributed by atoms with E-state index < -0.39 is 11.6 Å². The molecule has 32 heavy (non-hydrogen) atoms. The molecule has 2 aliphatic heterocycles. The monoisotopic (exact) mass is 452 g/mol. The molecule has 166 valence electrons. The van der Waals surface area contributed by atoms with E-state index in [-0.39, 0.29) is 17.7 Å². The molecule has 0 bridgehead atoms. The summed E-state index contributed by atoms with van der Waals surface area (Å²) in [6.07, 6.45) is 0.389. The van der Waals surface area contributed by atoms with E-state index >= 15 is 0 Å². The minimum Gasteiger partial charge on any atom is -0.508 e. The largest absolute Gasteiger partial charge is 0.508 e. The summed E-state index contributed by atoms with van der Waals surface area (Å²) >= 11 is 6.29. The molecule has 2 aliphatic rings. The second-order valence-electron chi connectivity index (χ2n) is 8.62. The average Bonchev–Trinajstić information content (AvgIpc) is 3.20. The number of likely N-dealkylation sites (N-methyl/N-ethyl adjacent to an activating group) is 1. The molecule has 3 amide bonds. The molecule has 1 fully saturated rings. The number of fused-ring (bicyclic) bond motifs is 4. The van der Waals surface area contributed by atoms with Gasteiger partial charge in [0.25, 0.3) is 5.91 Å². The maximum Gasteiger partial charge on any atom is 0.328 e. The highest BCUT2D eigenvalue weighted by Gasteiger charge is 2.60. The molecule has 3 aromatic rings. The van der Waals surface area contributed by atoms with Gasteiger partial charge in [0, 0.05) is 41.1 Å². The third-order valence-corrected chi connectivity index (χ3v) is 6.81. The third-order valence-electron chi connectivity index (χ3n) is 6.58. The number of aromatic amines is 1. The average molecular weight is 453 g/mol. The fraction of sp³-hybridized carbons (Fsp3) is 0.333. The molecule has 7 nitrogen and oxygen atoms in total. The Kier molecular flexibility index (Phi) is 4.91. The van der Waals surface area contributed by atoms with E-state index in [0.29, 0.717) is 24.5 Å². The van der Waals surface area contributed by atoms with Gasteiger partial charge in [-0.15, -0.1) is 0 Å². The van der Waals surface area contributed by atoms with Crippen molar-refractivity contribution in [1.82, 2.24) is 20.1 Å². The number of nitrogens with one attached hydrogen (secondary N) is 2. The molecular weight excluding hydrogens is 428 g/mol. The number of phenolic OH excluding ortho intramolecular Hbond substituents is 1. The van der Waals surface area contributed by atoms with Crippen LogP contribution in [0.3, 0.4) is 0 Å². The number of carbonyl (C=O) groups is 2. The van der Waals surface area contributed by atoms with Gasteiger partial charge in [-0.2, -0.15) is 0 Å². The summed E-state index contributed by atoms with van der Waals surface area (Å²) in [6, 6.07) is 11.6. The Morgan fingerprint density at radius 3 is 2.81 bits per heavy atom. The predicted molar refractivity (Wildman–Crippen MR) is 123 cm³/mol. The standard InChI is InChI=1S/C24H25ClN4O3/c1-3-26-9-10-28-22(31)24(2)13-18-17-12-15(25)7-8-19(17)27-20(18)21(29(24)23(28)32)14-5-4-6-16(30)11-14/h4-8,11-12,21,26-27,30H,3,9-10,13H2,1-2H3/t21-,24+/m1/s1. The van der Waals surface area contributed by atoms with Crippen molar-refractivity contribution in [3.63, 3.8) is 0 Å². The van der Waals surface area contributed by atoms with Crippen molar-refractivity contribution in [3.05, 3.63) is 64.3 Å². The van der Waals surface area contributed by atoms with Crippen LogP contribution in [-0.4, -0.2) is 57.0 Å². The lowest BCUT2D eigenvalue weighted by molar-refractivity contribution is -0.133. The molecule has 1 aromatic heterocycles. The topological polar surface area (TPSA) is 88.7 Å². The van der Waals surface area contributed by atoms with Crippen molar-refractivity contribution in [2.24, 2.45) is 0 Å². The maximum atomic E-state index is 13.6. The number of hydrogen-bond donors (Lipinski definition) is 3. The number of aromatic hydroxyl groups is 1. The van der Waals surface area contributed by atoms with E-state index in [4.69, 9.17) is 11.6 Å².